The first-order valence-corrected chi connectivity index (χ1v) is 5.97. The third kappa shape index (κ3) is 3.35. The van der Waals surface area contributed by atoms with E-state index in [1.54, 1.807) is 12.1 Å². The molecule has 0 radical (unpaired) electrons. The van der Waals surface area contributed by atoms with Crippen molar-refractivity contribution in [3.8, 4) is 0 Å². The number of rotatable bonds is 3. The molecule has 0 aromatic carbocycles. The lowest BCUT2D eigenvalue weighted by Gasteiger charge is -2.05. The minimum atomic E-state index is -1.10. The van der Waals surface area contributed by atoms with Crippen molar-refractivity contribution in [1.29, 1.82) is 0 Å². The molecule has 96 valence electrons. The molecule has 0 spiro atoms. The highest BCUT2D eigenvalue weighted by atomic mass is 79.9. The number of aromatic nitrogens is 2. The zero-order chi connectivity index (χ0) is 13.8. The van der Waals surface area contributed by atoms with Crippen LogP contribution in [0.1, 0.15) is 20.7 Å². The number of hydrogen-bond acceptors (Lipinski definition) is 4. The Kier molecular flexibility index (Phi) is 3.86. The van der Waals surface area contributed by atoms with Crippen LogP contribution in [-0.4, -0.2) is 27.0 Å². The first kappa shape index (κ1) is 13.2. The fourth-order valence-electron chi connectivity index (χ4n) is 1.34. The lowest BCUT2D eigenvalue weighted by atomic mass is 10.2. The van der Waals surface area contributed by atoms with Crippen LogP contribution in [0.2, 0.25) is 0 Å². The molecule has 2 N–H and O–H groups in total. The molecule has 0 atom stereocenters. The van der Waals surface area contributed by atoms with Crippen LogP contribution < -0.4 is 5.32 Å². The molecule has 2 aromatic heterocycles. The number of anilines is 1. The lowest BCUT2D eigenvalue weighted by Crippen LogP contribution is -2.13. The fourth-order valence-corrected chi connectivity index (χ4v) is 1.57. The zero-order valence-corrected chi connectivity index (χ0v) is 11.1. The van der Waals surface area contributed by atoms with Gasteiger partial charge < -0.3 is 10.4 Å². The highest BCUT2D eigenvalue weighted by Crippen LogP contribution is 2.11. The average molecular weight is 322 g/mol. The number of aromatic carboxylic acids is 1. The van der Waals surface area contributed by atoms with Crippen LogP contribution in [0.3, 0.4) is 0 Å². The maximum absolute atomic E-state index is 11.9. The van der Waals surface area contributed by atoms with E-state index < -0.39 is 5.97 Å². The molecule has 2 aromatic rings. The van der Waals surface area contributed by atoms with Gasteiger partial charge in [0.25, 0.3) is 5.91 Å². The van der Waals surface area contributed by atoms with E-state index in [0.717, 1.165) is 0 Å². The Morgan fingerprint density at radius 1 is 1.16 bits per heavy atom. The number of amides is 1. The number of hydrogen-bond donors (Lipinski definition) is 2. The zero-order valence-electron chi connectivity index (χ0n) is 9.50. The summed E-state index contributed by atoms with van der Waals surface area (Å²) in [5.74, 6) is -1.49. The Labute approximate surface area is 116 Å². The Hall–Kier alpha value is -2.28. The topological polar surface area (TPSA) is 92.2 Å². The summed E-state index contributed by atoms with van der Waals surface area (Å²) >= 11 is 3.17. The van der Waals surface area contributed by atoms with E-state index in [1.165, 1.54) is 24.7 Å². The third-order valence-corrected chi connectivity index (χ3v) is 2.70. The largest absolute Gasteiger partial charge is 0.478 e. The number of halogens is 1. The standard InChI is InChI=1S/C12H8BrN3O3/c13-10-2-1-7(5-15-10)11(17)16-9-3-8(12(18)19)4-14-6-9/h1-6H,(H,16,17)(H,18,19). The van der Waals surface area contributed by atoms with Crippen molar-refractivity contribution in [3.63, 3.8) is 0 Å². The second-order valence-electron chi connectivity index (χ2n) is 3.59. The van der Waals surface area contributed by atoms with Gasteiger partial charge in [-0.1, -0.05) is 0 Å². The third-order valence-electron chi connectivity index (χ3n) is 2.23. The van der Waals surface area contributed by atoms with E-state index in [4.69, 9.17) is 5.11 Å². The maximum Gasteiger partial charge on any atom is 0.337 e. The smallest absolute Gasteiger partial charge is 0.337 e. The molecule has 0 aliphatic heterocycles. The van der Waals surface area contributed by atoms with Gasteiger partial charge in [0, 0.05) is 12.4 Å². The summed E-state index contributed by atoms with van der Waals surface area (Å²) in [6, 6.07) is 4.57. The van der Waals surface area contributed by atoms with Crippen molar-refractivity contribution in [3.05, 3.63) is 52.5 Å². The van der Waals surface area contributed by atoms with Gasteiger partial charge in [-0.2, -0.15) is 0 Å². The monoisotopic (exact) mass is 321 g/mol. The van der Waals surface area contributed by atoms with Crippen LogP contribution in [0.25, 0.3) is 0 Å². The molecule has 0 saturated heterocycles. The van der Waals surface area contributed by atoms with Gasteiger partial charge in [0.15, 0.2) is 0 Å². The van der Waals surface area contributed by atoms with E-state index in [1.807, 2.05) is 0 Å². The van der Waals surface area contributed by atoms with Crippen molar-refractivity contribution in [1.82, 2.24) is 9.97 Å². The Balaban J connectivity index is 2.17. The van der Waals surface area contributed by atoms with Crippen molar-refractivity contribution in [2.45, 2.75) is 0 Å². The number of nitrogens with zero attached hydrogens (tertiary/aromatic N) is 2. The molecule has 0 fully saturated rings. The maximum atomic E-state index is 11.9. The number of nitrogens with one attached hydrogen (secondary N) is 1. The predicted molar refractivity (Wildman–Crippen MR) is 71.1 cm³/mol. The highest BCUT2D eigenvalue weighted by molar-refractivity contribution is 9.10. The van der Waals surface area contributed by atoms with Gasteiger partial charge in [-0.25, -0.2) is 9.78 Å². The summed E-state index contributed by atoms with van der Waals surface area (Å²) in [7, 11) is 0. The second-order valence-corrected chi connectivity index (χ2v) is 4.40. The highest BCUT2D eigenvalue weighted by Gasteiger charge is 2.09. The second kappa shape index (κ2) is 5.57. The fraction of sp³-hybridized carbons (Fsp3) is 0. The quantitative estimate of drug-likeness (QED) is 0.845. The molecule has 0 unspecified atom stereocenters. The van der Waals surface area contributed by atoms with Gasteiger partial charge in [0.2, 0.25) is 0 Å². The number of carboxylic acid groups (broad SMARTS) is 1. The predicted octanol–water partition coefficient (Wildman–Crippen LogP) is 2.19. The molecular formula is C12H8BrN3O3. The van der Waals surface area contributed by atoms with Crippen LogP contribution >= 0.6 is 15.9 Å². The molecule has 0 aliphatic rings. The average Bonchev–Trinajstić information content (AvgIpc) is 2.39. The molecule has 19 heavy (non-hydrogen) atoms. The normalized spacial score (nSPS) is 9.95. The van der Waals surface area contributed by atoms with Gasteiger partial charge in [-0.05, 0) is 34.1 Å². The first-order chi connectivity index (χ1) is 9.06. The Bertz CT molecular complexity index is 628. The van der Waals surface area contributed by atoms with Crippen molar-refractivity contribution in [2.75, 3.05) is 5.32 Å². The summed E-state index contributed by atoms with van der Waals surface area (Å²) in [6.07, 6.45) is 3.99. The molecule has 6 nitrogen and oxygen atoms in total. The molecule has 2 heterocycles. The number of carboxylic acids is 1. The Morgan fingerprint density at radius 2 is 1.95 bits per heavy atom. The van der Waals surface area contributed by atoms with Crippen LogP contribution in [0.15, 0.2) is 41.4 Å². The minimum Gasteiger partial charge on any atom is -0.478 e. The van der Waals surface area contributed by atoms with Gasteiger partial charge in [0.05, 0.1) is 23.0 Å². The number of carbonyl (C=O) groups excluding carboxylic acids is 1. The van der Waals surface area contributed by atoms with E-state index in [2.05, 4.69) is 31.2 Å². The first-order valence-electron chi connectivity index (χ1n) is 5.17. The SMILES string of the molecule is O=C(O)c1cncc(NC(=O)c2ccc(Br)nc2)c1. The summed E-state index contributed by atoms with van der Waals surface area (Å²) in [4.78, 5) is 30.3. The molecule has 0 aliphatic carbocycles. The molecule has 0 saturated carbocycles. The van der Waals surface area contributed by atoms with Gasteiger partial charge in [-0.3, -0.25) is 9.78 Å². The summed E-state index contributed by atoms with van der Waals surface area (Å²) in [5, 5.41) is 11.4. The van der Waals surface area contributed by atoms with Gasteiger partial charge >= 0.3 is 5.97 Å². The lowest BCUT2D eigenvalue weighted by molar-refractivity contribution is 0.0696. The van der Waals surface area contributed by atoms with Crippen LogP contribution in [0, 0.1) is 0 Å². The van der Waals surface area contributed by atoms with E-state index in [9.17, 15) is 9.59 Å². The summed E-state index contributed by atoms with van der Waals surface area (Å²) in [5.41, 5.74) is 0.684. The van der Waals surface area contributed by atoms with Crippen LogP contribution in [-0.2, 0) is 0 Å². The molecule has 2 rings (SSSR count). The van der Waals surface area contributed by atoms with Gasteiger partial charge in [0.1, 0.15) is 4.60 Å². The van der Waals surface area contributed by atoms with Crippen molar-refractivity contribution >= 4 is 33.5 Å². The molecule has 1 amide bonds. The van der Waals surface area contributed by atoms with Gasteiger partial charge in [-0.15, -0.1) is 0 Å². The Morgan fingerprint density at radius 3 is 2.58 bits per heavy atom. The van der Waals surface area contributed by atoms with E-state index >= 15 is 0 Å². The van der Waals surface area contributed by atoms with E-state index in [-0.39, 0.29) is 11.5 Å². The van der Waals surface area contributed by atoms with Crippen molar-refractivity contribution < 1.29 is 14.7 Å². The van der Waals surface area contributed by atoms with Crippen LogP contribution in [0.4, 0.5) is 5.69 Å². The van der Waals surface area contributed by atoms with Crippen molar-refractivity contribution in [2.24, 2.45) is 0 Å². The summed E-state index contributed by atoms with van der Waals surface area (Å²) in [6.45, 7) is 0. The number of carbonyl (C=O) groups is 2. The molecular weight excluding hydrogens is 314 g/mol. The summed E-state index contributed by atoms with van der Waals surface area (Å²) < 4.78 is 0.624. The molecule has 0 bridgehead atoms. The minimum absolute atomic E-state index is 0.00623. The van der Waals surface area contributed by atoms with E-state index in [0.29, 0.717) is 15.9 Å². The van der Waals surface area contributed by atoms with Crippen LogP contribution in [0.5, 0.6) is 0 Å². The molecule has 7 heteroatoms. The number of pyridine rings is 2.